The molecule has 0 atom stereocenters. The highest BCUT2D eigenvalue weighted by Gasteiger charge is 2.08. The second-order valence-electron chi connectivity index (χ2n) is 6.86. The van der Waals surface area contributed by atoms with Gasteiger partial charge in [0.1, 0.15) is 11.3 Å². The van der Waals surface area contributed by atoms with Crippen LogP contribution in [0.4, 0.5) is 0 Å². The van der Waals surface area contributed by atoms with Crippen molar-refractivity contribution in [1.29, 1.82) is 0 Å². The van der Waals surface area contributed by atoms with Gasteiger partial charge in [0, 0.05) is 25.1 Å². The van der Waals surface area contributed by atoms with Crippen LogP contribution in [-0.2, 0) is 11.3 Å². The van der Waals surface area contributed by atoms with Crippen molar-refractivity contribution >= 4 is 22.9 Å². The first kappa shape index (κ1) is 20.3. The number of aliphatic carboxylic acids is 1. The molecule has 1 heterocycles. The first-order valence-corrected chi connectivity index (χ1v) is 9.47. The lowest BCUT2D eigenvalue weighted by Gasteiger charge is -2.08. The van der Waals surface area contributed by atoms with Crippen molar-refractivity contribution in [3.8, 4) is 5.75 Å². The van der Waals surface area contributed by atoms with Crippen molar-refractivity contribution in [2.24, 2.45) is 0 Å². The number of amides is 1. The van der Waals surface area contributed by atoms with Crippen LogP contribution >= 0.6 is 0 Å². The number of hydrogen-bond acceptors (Lipinski definition) is 5. The smallest absolute Gasteiger partial charge is 0.305 e. The first-order valence-electron chi connectivity index (χ1n) is 9.47. The molecule has 2 aromatic carbocycles. The minimum absolute atomic E-state index is 0.0997. The number of aryl methyl sites for hydroxylation is 3. The predicted octanol–water partition coefficient (Wildman–Crippen LogP) is 2.72. The molecule has 0 unspecified atom stereocenters. The van der Waals surface area contributed by atoms with E-state index >= 15 is 0 Å². The molecule has 29 heavy (non-hydrogen) atoms. The third kappa shape index (κ3) is 5.31. The maximum Gasteiger partial charge on any atom is 0.305 e. The Morgan fingerprint density at radius 3 is 2.59 bits per heavy atom. The second kappa shape index (κ2) is 9.18. The zero-order chi connectivity index (χ0) is 20.8. The number of ether oxygens (including phenoxy) is 1. The van der Waals surface area contributed by atoms with Gasteiger partial charge in [-0.05, 0) is 61.4 Å². The van der Waals surface area contributed by atoms with Crippen molar-refractivity contribution in [3.05, 3.63) is 53.1 Å². The normalized spacial score (nSPS) is 10.8. The summed E-state index contributed by atoms with van der Waals surface area (Å²) < 4.78 is 7.62. The molecule has 8 heteroatoms. The molecule has 8 nitrogen and oxygen atoms in total. The number of hydrogen-bond donors (Lipinski definition) is 2. The van der Waals surface area contributed by atoms with E-state index in [0.29, 0.717) is 24.5 Å². The van der Waals surface area contributed by atoms with Crippen LogP contribution in [-0.4, -0.2) is 45.1 Å². The Morgan fingerprint density at radius 2 is 1.86 bits per heavy atom. The van der Waals surface area contributed by atoms with E-state index in [1.165, 1.54) is 11.1 Å². The largest absolute Gasteiger partial charge is 0.494 e. The van der Waals surface area contributed by atoms with Gasteiger partial charge in [-0.3, -0.25) is 9.59 Å². The third-order valence-electron chi connectivity index (χ3n) is 4.65. The maximum atomic E-state index is 11.9. The Hall–Kier alpha value is -3.42. The molecule has 1 amide bonds. The lowest BCUT2D eigenvalue weighted by molar-refractivity contribution is -0.136. The van der Waals surface area contributed by atoms with Gasteiger partial charge in [0.25, 0.3) is 5.91 Å². The molecular weight excluding hydrogens is 372 g/mol. The summed E-state index contributed by atoms with van der Waals surface area (Å²) in [7, 11) is 0. The Kier molecular flexibility index (Phi) is 6.43. The molecule has 152 valence electrons. The summed E-state index contributed by atoms with van der Waals surface area (Å²) in [5.74, 6) is -0.582. The van der Waals surface area contributed by atoms with E-state index in [9.17, 15) is 9.59 Å². The lowest BCUT2D eigenvalue weighted by atomic mass is 10.1. The molecular formula is C21H24N4O4. The maximum absolute atomic E-state index is 11.9. The Balaban J connectivity index is 1.47. The van der Waals surface area contributed by atoms with Gasteiger partial charge >= 0.3 is 5.97 Å². The zero-order valence-electron chi connectivity index (χ0n) is 16.5. The van der Waals surface area contributed by atoms with Gasteiger partial charge in [-0.1, -0.05) is 5.21 Å². The fourth-order valence-corrected chi connectivity index (χ4v) is 2.88. The van der Waals surface area contributed by atoms with Crippen LogP contribution in [0.3, 0.4) is 0 Å². The summed E-state index contributed by atoms with van der Waals surface area (Å²) in [6, 6.07) is 10.9. The number of nitrogens with one attached hydrogen (secondary N) is 1. The molecule has 3 aromatic rings. The van der Waals surface area contributed by atoms with Crippen LogP contribution in [0, 0.1) is 13.8 Å². The van der Waals surface area contributed by atoms with Crippen LogP contribution in [0.15, 0.2) is 36.4 Å². The molecule has 0 bridgehead atoms. The molecule has 0 aliphatic carbocycles. The molecule has 0 saturated carbocycles. The summed E-state index contributed by atoms with van der Waals surface area (Å²) in [5, 5.41) is 19.6. The summed E-state index contributed by atoms with van der Waals surface area (Å²) in [6.45, 7) is 5.44. The Labute approximate surface area is 168 Å². The van der Waals surface area contributed by atoms with E-state index in [2.05, 4.69) is 35.5 Å². The number of aromatic nitrogens is 3. The van der Waals surface area contributed by atoms with E-state index in [4.69, 9.17) is 9.84 Å². The highest BCUT2D eigenvalue weighted by Crippen LogP contribution is 2.17. The van der Waals surface area contributed by atoms with Crippen molar-refractivity contribution in [2.45, 2.75) is 33.2 Å². The Morgan fingerprint density at radius 1 is 1.14 bits per heavy atom. The fourth-order valence-electron chi connectivity index (χ4n) is 2.88. The number of carboxylic acid groups (broad SMARTS) is 1. The van der Waals surface area contributed by atoms with E-state index in [1.807, 2.05) is 10.7 Å². The monoisotopic (exact) mass is 396 g/mol. The van der Waals surface area contributed by atoms with Crippen LogP contribution in [0.1, 0.15) is 34.3 Å². The minimum atomic E-state index is -0.946. The summed E-state index contributed by atoms with van der Waals surface area (Å²) >= 11 is 0. The number of rotatable bonds is 9. The lowest BCUT2D eigenvalue weighted by Crippen LogP contribution is -2.25. The SMILES string of the molecule is Cc1cc2nnn(CCCOc3ccc(C(=O)NCCC(=O)O)cc3)c2cc1C. The standard InChI is InChI=1S/C21H24N4O4/c1-14-12-18-19(13-15(14)2)25(24-23-18)10-3-11-29-17-6-4-16(5-7-17)21(28)22-9-8-20(26)27/h4-7,12-13H,3,8-11H2,1-2H3,(H,22,28)(H,26,27). The number of nitrogens with zero attached hydrogens (tertiary/aromatic N) is 3. The molecule has 0 aliphatic heterocycles. The molecule has 1 aromatic heterocycles. The molecule has 0 saturated heterocycles. The van der Waals surface area contributed by atoms with Gasteiger partial charge < -0.3 is 15.2 Å². The van der Waals surface area contributed by atoms with E-state index in [-0.39, 0.29) is 18.9 Å². The van der Waals surface area contributed by atoms with Crippen LogP contribution in [0.25, 0.3) is 11.0 Å². The molecule has 0 radical (unpaired) electrons. The number of carbonyl (C=O) groups is 2. The van der Waals surface area contributed by atoms with Gasteiger partial charge in [-0.15, -0.1) is 5.10 Å². The van der Waals surface area contributed by atoms with Gasteiger partial charge in [0.2, 0.25) is 0 Å². The number of fused-ring (bicyclic) bond motifs is 1. The summed E-state index contributed by atoms with van der Waals surface area (Å²) in [5.41, 5.74) is 4.79. The van der Waals surface area contributed by atoms with Crippen LogP contribution in [0.5, 0.6) is 5.75 Å². The molecule has 0 spiro atoms. The zero-order valence-corrected chi connectivity index (χ0v) is 16.5. The quantitative estimate of drug-likeness (QED) is 0.539. The second-order valence-corrected chi connectivity index (χ2v) is 6.86. The van der Waals surface area contributed by atoms with Crippen LogP contribution in [0.2, 0.25) is 0 Å². The van der Waals surface area contributed by atoms with Crippen molar-refractivity contribution in [2.75, 3.05) is 13.2 Å². The topological polar surface area (TPSA) is 106 Å². The average Bonchev–Trinajstić information content (AvgIpc) is 3.07. The van der Waals surface area contributed by atoms with E-state index < -0.39 is 5.97 Å². The molecule has 2 N–H and O–H groups in total. The summed E-state index contributed by atoms with van der Waals surface area (Å²) in [4.78, 5) is 22.4. The van der Waals surface area contributed by atoms with Crippen molar-refractivity contribution in [1.82, 2.24) is 20.3 Å². The van der Waals surface area contributed by atoms with Gasteiger partial charge in [0.15, 0.2) is 0 Å². The molecule has 0 aliphatic rings. The summed E-state index contributed by atoms with van der Waals surface area (Å²) in [6.07, 6.45) is 0.663. The fraction of sp³-hybridized carbons (Fsp3) is 0.333. The Bertz CT molecular complexity index is 1010. The van der Waals surface area contributed by atoms with Gasteiger partial charge in [-0.25, -0.2) is 4.68 Å². The highest BCUT2D eigenvalue weighted by molar-refractivity contribution is 5.94. The van der Waals surface area contributed by atoms with Crippen molar-refractivity contribution in [3.63, 3.8) is 0 Å². The molecule has 3 rings (SSSR count). The van der Waals surface area contributed by atoms with E-state index in [1.54, 1.807) is 24.3 Å². The number of carboxylic acids is 1. The van der Waals surface area contributed by atoms with Crippen molar-refractivity contribution < 1.29 is 19.4 Å². The number of benzene rings is 2. The van der Waals surface area contributed by atoms with E-state index in [0.717, 1.165) is 17.5 Å². The average molecular weight is 396 g/mol. The number of carbonyl (C=O) groups excluding carboxylic acids is 1. The predicted molar refractivity (Wildman–Crippen MR) is 108 cm³/mol. The van der Waals surface area contributed by atoms with Crippen LogP contribution < -0.4 is 10.1 Å². The molecule has 0 fully saturated rings. The third-order valence-corrected chi connectivity index (χ3v) is 4.65. The van der Waals surface area contributed by atoms with Gasteiger partial charge in [0.05, 0.1) is 18.5 Å². The highest BCUT2D eigenvalue weighted by atomic mass is 16.5. The minimum Gasteiger partial charge on any atom is -0.494 e. The first-order chi connectivity index (χ1) is 13.9. The van der Waals surface area contributed by atoms with Gasteiger partial charge in [-0.2, -0.15) is 0 Å².